The predicted octanol–water partition coefficient (Wildman–Crippen LogP) is 4.17. The molecule has 0 saturated carbocycles. The second-order valence-electron chi connectivity index (χ2n) is 7.76. The van der Waals surface area contributed by atoms with E-state index in [0.717, 1.165) is 17.7 Å². The first-order chi connectivity index (χ1) is 17.2. The lowest BCUT2D eigenvalue weighted by Gasteiger charge is -2.15. The van der Waals surface area contributed by atoms with Crippen LogP contribution in [0.2, 0.25) is 0 Å². The van der Waals surface area contributed by atoms with Gasteiger partial charge in [-0.1, -0.05) is 30.3 Å². The molecule has 4 rings (SSSR count). The second kappa shape index (κ2) is 10.1. The van der Waals surface area contributed by atoms with Crippen LogP contribution in [0.4, 0.5) is 13.2 Å². The lowest BCUT2D eigenvalue weighted by Crippen LogP contribution is -2.26. The summed E-state index contributed by atoms with van der Waals surface area (Å²) in [5.74, 6) is -0.777. The molecule has 0 spiro atoms. The van der Waals surface area contributed by atoms with E-state index >= 15 is 0 Å². The summed E-state index contributed by atoms with van der Waals surface area (Å²) < 4.78 is 49.9. The Morgan fingerprint density at radius 2 is 1.78 bits per heavy atom. The fourth-order valence-corrected chi connectivity index (χ4v) is 3.46. The number of aromatic nitrogens is 4. The molecule has 3 N–H and O–H groups in total. The van der Waals surface area contributed by atoms with Crippen molar-refractivity contribution in [3.63, 3.8) is 0 Å². The molecule has 1 atom stereocenters. The molecule has 36 heavy (non-hydrogen) atoms. The zero-order valence-electron chi connectivity index (χ0n) is 19.2. The van der Waals surface area contributed by atoms with E-state index in [9.17, 15) is 18.0 Å². The third kappa shape index (κ3) is 5.33. The summed E-state index contributed by atoms with van der Waals surface area (Å²) >= 11 is 0. The summed E-state index contributed by atoms with van der Waals surface area (Å²) in [6.45, 7) is 1.84. The lowest BCUT2D eigenvalue weighted by atomic mass is 9.95. The number of alkyl halides is 3. The van der Waals surface area contributed by atoms with Crippen molar-refractivity contribution in [1.29, 1.82) is 0 Å². The highest BCUT2D eigenvalue weighted by molar-refractivity contribution is 5.90. The molecular formula is C24H21F3N6O3. The molecule has 2 heterocycles. The number of benzene rings is 2. The molecule has 4 aromatic rings. The monoisotopic (exact) mass is 498 g/mol. The summed E-state index contributed by atoms with van der Waals surface area (Å²) in [5, 5.41) is 10.4. The molecule has 0 fully saturated rings. The van der Waals surface area contributed by atoms with Crippen molar-refractivity contribution in [1.82, 2.24) is 25.5 Å². The molecule has 2 aromatic heterocycles. The zero-order valence-corrected chi connectivity index (χ0v) is 19.2. The van der Waals surface area contributed by atoms with Gasteiger partial charge >= 0.3 is 24.0 Å². The van der Waals surface area contributed by atoms with Crippen LogP contribution < -0.4 is 15.8 Å². The number of ether oxygens (including phenoxy) is 1. The van der Waals surface area contributed by atoms with E-state index in [2.05, 4.69) is 25.5 Å². The Balaban J connectivity index is 1.47. The highest BCUT2D eigenvalue weighted by Crippen LogP contribution is 2.34. The summed E-state index contributed by atoms with van der Waals surface area (Å²) in [7, 11) is 1.43. The molecule has 0 aliphatic heterocycles. The van der Waals surface area contributed by atoms with Crippen LogP contribution in [-0.4, -0.2) is 33.2 Å². The highest BCUT2D eigenvalue weighted by atomic mass is 19.4. The van der Waals surface area contributed by atoms with Crippen LogP contribution in [0.25, 0.3) is 22.6 Å². The molecule has 0 aliphatic rings. The molecule has 0 aliphatic carbocycles. The number of nitrogens with zero attached hydrogens (tertiary/aromatic N) is 4. The molecular weight excluding hydrogens is 477 g/mol. The molecule has 0 bridgehead atoms. The van der Waals surface area contributed by atoms with Gasteiger partial charge in [0.15, 0.2) is 0 Å². The van der Waals surface area contributed by atoms with E-state index in [1.165, 1.54) is 25.6 Å². The van der Waals surface area contributed by atoms with E-state index < -0.39 is 23.7 Å². The van der Waals surface area contributed by atoms with Crippen LogP contribution in [-0.2, 0) is 12.7 Å². The van der Waals surface area contributed by atoms with Gasteiger partial charge in [-0.2, -0.15) is 13.2 Å². The van der Waals surface area contributed by atoms with Gasteiger partial charge in [0.25, 0.3) is 5.89 Å². The van der Waals surface area contributed by atoms with Gasteiger partial charge < -0.3 is 20.2 Å². The van der Waals surface area contributed by atoms with Crippen LogP contribution in [0, 0.1) is 0 Å². The van der Waals surface area contributed by atoms with Gasteiger partial charge in [-0.15, -0.1) is 10.2 Å². The standard InChI is InChI=1S/C24H21F3N6O3/c1-13(31-20(34)22-33-32-21(36-22)17-11-29-23(35-2)30-12-17)14-3-5-15(6-4-14)19-9-18(24(25,26)27)8-7-16(19)10-28/h3-9,11-13H,10,28H2,1-2H3,(H,31,34)/t13-/m1/s1. The molecule has 12 heteroatoms. The van der Waals surface area contributed by atoms with Crippen molar-refractivity contribution < 1.29 is 27.1 Å². The topological polar surface area (TPSA) is 129 Å². The van der Waals surface area contributed by atoms with Crippen LogP contribution >= 0.6 is 0 Å². The van der Waals surface area contributed by atoms with Crippen molar-refractivity contribution in [3.05, 3.63) is 77.4 Å². The summed E-state index contributed by atoms with van der Waals surface area (Å²) in [5.41, 5.74) is 7.67. The van der Waals surface area contributed by atoms with Gasteiger partial charge in [-0.05, 0) is 41.3 Å². The normalized spacial score (nSPS) is 12.3. The number of rotatable bonds is 7. The number of amides is 1. The number of nitrogens with two attached hydrogens (primary N) is 1. The maximum absolute atomic E-state index is 13.2. The molecule has 2 aromatic carbocycles. The largest absolute Gasteiger partial charge is 0.467 e. The number of hydrogen-bond donors (Lipinski definition) is 2. The molecule has 186 valence electrons. The van der Waals surface area contributed by atoms with Crippen molar-refractivity contribution in [2.75, 3.05) is 7.11 Å². The minimum atomic E-state index is -4.46. The zero-order chi connectivity index (χ0) is 25.9. The Morgan fingerprint density at radius 3 is 2.39 bits per heavy atom. The smallest absolute Gasteiger partial charge is 0.416 e. The maximum atomic E-state index is 13.2. The van der Waals surface area contributed by atoms with Gasteiger partial charge in [0, 0.05) is 18.9 Å². The van der Waals surface area contributed by atoms with Gasteiger partial charge in [-0.25, -0.2) is 9.97 Å². The predicted molar refractivity (Wildman–Crippen MR) is 123 cm³/mol. The molecule has 0 saturated heterocycles. The number of methoxy groups -OCH3 is 1. The number of halogens is 3. The molecule has 9 nitrogen and oxygen atoms in total. The van der Waals surface area contributed by atoms with Gasteiger partial charge in [-0.3, -0.25) is 4.79 Å². The van der Waals surface area contributed by atoms with E-state index in [0.29, 0.717) is 22.3 Å². The molecule has 0 radical (unpaired) electrons. The minimum Gasteiger partial charge on any atom is -0.467 e. The third-order valence-corrected chi connectivity index (χ3v) is 5.40. The Morgan fingerprint density at radius 1 is 1.08 bits per heavy atom. The summed E-state index contributed by atoms with van der Waals surface area (Å²) in [4.78, 5) is 20.5. The first-order valence-electron chi connectivity index (χ1n) is 10.7. The highest BCUT2D eigenvalue weighted by Gasteiger charge is 2.31. The number of nitrogens with one attached hydrogen (secondary N) is 1. The van der Waals surface area contributed by atoms with Crippen LogP contribution in [0.1, 0.15) is 40.3 Å². The van der Waals surface area contributed by atoms with Gasteiger partial charge in [0.05, 0.1) is 24.3 Å². The number of carbonyl (C=O) groups excluding carboxylic acids is 1. The van der Waals surface area contributed by atoms with Crippen molar-refractivity contribution >= 4 is 5.91 Å². The quantitative estimate of drug-likeness (QED) is 0.388. The van der Waals surface area contributed by atoms with E-state index in [-0.39, 0.29) is 24.3 Å². The Kier molecular flexibility index (Phi) is 6.97. The summed E-state index contributed by atoms with van der Waals surface area (Å²) in [6, 6.07) is 9.99. The number of hydrogen-bond acceptors (Lipinski definition) is 8. The van der Waals surface area contributed by atoms with Crippen molar-refractivity contribution in [2.45, 2.75) is 25.7 Å². The maximum Gasteiger partial charge on any atom is 0.416 e. The fraction of sp³-hybridized carbons (Fsp3) is 0.208. The van der Waals surface area contributed by atoms with E-state index in [1.807, 2.05) is 0 Å². The van der Waals surface area contributed by atoms with Crippen LogP contribution in [0.5, 0.6) is 6.01 Å². The Bertz CT molecular complexity index is 1360. The first-order valence-corrected chi connectivity index (χ1v) is 10.7. The van der Waals surface area contributed by atoms with Crippen molar-refractivity contribution in [2.24, 2.45) is 5.73 Å². The van der Waals surface area contributed by atoms with Crippen LogP contribution in [0.15, 0.2) is 59.3 Å². The third-order valence-electron chi connectivity index (χ3n) is 5.40. The lowest BCUT2D eigenvalue weighted by molar-refractivity contribution is -0.137. The Hall–Kier alpha value is -4.32. The molecule has 0 unspecified atom stereocenters. The van der Waals surface area contributed by atoms with Crippen LogP contribution in [0.3, 0.4) is 0 Å². The fourth-order valence-electron chi connectivity index (χ4n) is 3.46. The molecule has 1 amide bonds. The van der Waals surface area contributed by atoms with E-state index in [4.69, 9.17) is 14.9 Å². The van der Waals surface area contributed by atoms with Crippen molar-refractivity contribution in [3.8, 4) is 28.6 Å². The SMILES string of the molecule is COc1ncc(-c2nnc(C(=O)N[C@H](C)c3ccc(-c4cc(C(F)(F)F)ccc4CN)cc3)o2)cn1. The first kappa shape index (κ1) is 24.8. The average molecular weight is 498 g/mol. The van der Waals surface area contributed by atoms with Gasteiger partial charge in [0.2, 0.25) is 0 Å². The Labute approximate surface area is 203 Å². The minimum absolute atomic E-state index is 0.0663. The van der Waals surface area contributed by atoms with Gasteiger partial charge in [0.1, 0.15) is 0 Å². The average Bonchev–Trinajstić information content (AvgIpc) is 3.38. The second-order valence-corrected chi connectivity index (χ2v) is 7.76. The number of carbonyl (C=O) groups is 1. The van der Waals surface area contributed by atoms with E-state index in [1.54, 1.807) is 31.2 Å². The summed E-state index contributed by atoms with van der Waals surface area (Å²) in [6.07, 6.45) is -1.62.